The molecule has 1 aromatic carbocycles. The molecule has 0 spiro atoms. The fraction of sp³-hybridized carbons (Fsp3) is 0.455. The van der Waals surface area contributed by atoms with Gasteiger partial charge >= 0.3 is 0 Å². The molecule has 0 aliphatic heterocycles. The Hall–Kier alpha value is 0.324. The van der Waals surface area contributed by atoms with E-state index in [1.807, 2.05) is 0 Å². The SMILES string of the molecule is Cc1[c-]c(C)c(C(C)C)cc1.[Y]. The van der Waals surface area contributed by atoms with Crippen LogP contribution >= 0.6 is 0 Å². The molecule has 0 aliphatic carbocycles. The van der Waals surface area contributed by atoms with Crippen molar-refractivity contribution in [2.75, 3.05) is 0 Å². The largest absolute Gasteiger partial charge is 0.177 e. The fourth-order valence-corrected chi connectivity index (χ4v) is 1.37. The van der Waals surface area contributed by atoms with Crippen LogP contribution in [0.25, 0.3) is 0 Å². The van der Waals surface area contributed by atoms with E-state index in [0.717, 1.165) is 0 Å². The zero-order chi connectivity index (χ0) is 8.43. The molecule has 0 aliphatic rings. The van der Waals surface area contributed by atoms with Crippen molar-refractivity contribution in [3.63, 3.8) is 0 Å². The number of aryl methyl sites for hydroxylation is 2. The van der Waals surface area contributed by atoms with Gasteiger partial charge in [-0.25, -0.2) is 0 Å². The Morgan fingerprint density at radius 1 is 1.17 bits per heavy atom. The van der Waals surface area contributed by atoms with Gasteiger partial charge < -0.3 is 0 Å². The maximum absolute atomic E-state index is 3.32. The second kappa shape index (κ2) is 5.14. The molecule has 1 rings (SSSR count). The minimum absolute atomic E-state index is 0. The van der Waals surface area contributed by atoms with Crippen molar-refractivity contribution in [2.24, 2.45) is 0 Å². The summed E-state index contributed by atoms with van der Waals surface area (Å²) in [6.45, 7) is 8.64. The molecule has 1 aromatic rings. The van der Waals surface area contributed by atoms with E-state index in [1.54, 1.807) is 0 Å². The van der Waals surface area contributed by atoms with E-state index in [4.69, 9.17) is 0 Å². The molecular weight excluding hydrogens is 221 g/mol. The molecule has 0 heterocycles. The van der Waals surface area contributed by atoms with Gasteiger partial charge in [0.1, 0.15) is 0 Å². The van der Waals surface area contributed by atoms with E-state index in [0.29, 0.717) is 5.92 Å². The van der Waals surface area contributed by atoms with Crippen molar-refractivity contribution in [1.29, 1.82) is 0 Å². The summed E-state index contributed by atoms with van der Waals surface area (Å²) in [7, 11) is 0. The summed E-state index contributed by atoms with van der Waals surface area (Å²) in [6.07, 6.45) is 0. The molecule has 0 unspecified atom stereocenters. The van der Waals surface area contributed by atoms with Gasteiger partial charge in [0.05, 0.1) is 0 Å². The molecule has 0 nitrogen and oxygen atoms in total. The predicted octanol–water partition coefficient (Wildman–Crippen LogP) is 3.22. The number of hydrogen-bond acceptors (Lipinski definition) is 0. The molecule has 1 radical (unpaired) electrons. The predicted molar refractivity (Wildman–Crippen MR) is 48.8 cm³/mol. The van der Waals surface area contributed by atoms with Gasteiger partial charge in [-0.2, -0.15) is 34.9 Å². The van der Waals surface area contributed by atoms with Crippen molar-refractivity contribution >= 4 is 0 Å². The molecule has 0 saturated carbocycles. The van der Waals surface area contributed by atoms with Crippen molar-refractivity contribution < 1.29 is 32.7 Å². The topological polar surface area (TPSA) is 0 Å². The van der Waals surface area contributed by atoms with E-state index in [2.05, 4.69) is 45.9 Å². The van der Waals surface area contributed by atoms with Crippen LogP contribution in [0.5, 0.6) is 0 Å². The van der Waals surface area contributed by atoms with Crippen molar-refractivity contribution in [3.8, 4) is 0 Å². The Labute approximate surface area is 101 Å². The first kappa shape index (κ1) is 12.3. The van der Waals surface area contributed by atoms with E-state index < -0.39 is 0 Å². The van der Waals surface area contributed by atoms with E-state index in [-0.39, 0.29) is 32.7 Å². The Morgan fingerprint density at radius 2 is 1.75 bits per heavy atom. The standard InChI is InChI=1S/C11H15.Y/c1-8(2)11-6-5-9(3)7-10(11)4;/h5-6,8H,1-4H3;/q-1;. The van der Waals surface area contributed by atoms with Gasteiger partial charge in [0.15, 0.2) is 0 Å². The first-order chi connectivity index (χ1) is 5.11. The maximum Gasteiger partial charge on any atom is 0 e. The third kappa shape index (κ3) is 2.99. The average molecular weight is 236 g/mol. The van der Waals surface area contributed by atoms with Crippen LogP contribution in [0.1, 0.15) is 36.5 Å². The van der Waals surface area contributed by atoms with E-state index in [1.165, 1.54) is 16.7 Å². The van der Waals surface area contributed by atoms with Crippen LogP contribution in [0.2, 0.25) is 0 Å². The van der Waals surface area contributed by atoms with Crippen LogP contribution in [0.15, 0.2) is 12.1 Å². The van der Waals surface area contributed by atoms with Crippen LogP contribution < -0.4 is 0 Å². The van der Waals surface area contributed by atoms with Crippen LogP contribution in [0, 0.1) is 19.9 Å². The zero-order valence-electron chi connectivity index (χ0n) is 8.31. The summed E-state index contributed by atoms with van der Waals surface area (Å²) in [5.74, 6) is 0.617. The summed E-state index contributed by atoms with van der Waals surface area (Å²) in [6, 6.07) is 7.65. The normalized spacial score (nSPS) is 9.75. The molecule has 12 heavy (non-hydrogen) atoms. The molecule has 63 valence electrons. The number of rotatable bonds is 1. The van der Waals surface area contributed by atoms with Gasteiger partial charge in [0, 0.05) is 32.7 Å². The minimum atomic E-state index is 0. The summed E-state index contributed by atoms with van der Waals surface area (Å²) >= 11 is 0. The molecule has 0 fully saturated rings. The van der Waals surface area contributed by atoms with E-state index in [9.17, 15) is 0 Å². The fourth-order valence-electron chi connectivity index (χ4n) is 1.37. The third-order valence-corrected chi connectivity index (χ3v) is 1.95. The molecule has 0 aromatic heterocycles. The zero-order valence-corrected chi connectivity index (χ0v) is 11.1. The molecule has 1 heteroatoms. The Bertz CT molecular complexity index is 251. The summed E-state index contributed by atoms with van der Waals surface area (Å²) in [5.41, 5.74) is 3.93. The molecule has 0 amide bonds. The average Bonchev–Trinajstić information content (AvgIpc) is 1.85. The Kier molecular flexibility index (Phi) is 5.28. The van der Waals surface area contributed by atoms with E-state index >= 15 is 0 Å². The maximum atomic E-state index is 3.32. The quantitative estimate of drug-likeness (QED) is 0.657. The van der Waals surface area contributed by atoms with Crippen LogP contribution in [-0.2, 0) is 32.7 Å². The van der Waals surface area contributed by atoms with Gasteiger partial charge in [-0.3, -0.25) is 0 Å². The molecule has 0 N–H and O–H groups in total. The Morgan fingerprint density at radius 3 is 2.17 bits per heavy atom. The smallest absolute Gasteiger partial charge is 0 e. The third-order valence-electron chi connectivity index (χ3n) is 1.95. The minimum Gasteiger partial charge on any atom is -0.177 e. The molecule has 0 saturated heterocycles. The van der Waals surface area contributed by atoms with Crippen molar-refractivity contribution in [2.45, 2.75) is 33.6 Å². The molecule has 0 atom stereocenters. The second-order valence-corrected chi connectivity index (χ2v) is 3.38. The first-order valence-corrected chi connectivity index (χ1v) is 4.10. The monoisotopic (exact) mass is 236 g/mol. The first-order valence-electron chi connectivity index (χ1n) is 4.10. The van der Waals surface area contributed by atoms with Gasteiger partial charge in [-0.05, 0) is 0 Å². The van der Waals surface area contributed by atoms with Crippen molar-refractivity contribution in [3.05, 3.63) is 34.9 Å². The summed E-state index contributed by atoms with van der Waals surface area (Å²) < 4.78 is 0. The van der Waals surface area contributed by atoms with Gasteiger partial charge in [0.25, 0.3) is 0 Å². The van der Waals surface area contributed by atoms with Crippen molar-refractivity contribution in [1.82, 2.24) is 0 Å². The Balaban J connectivity index is 0.00000121. The summed E-state index contributed by atoms with van der Waals surface area (Å²) in [5, 5.41) is 0. The van der Waals surface area contributed by atoms with Crippen LogP contribution in [0.4, 0.5) is 0 Å². The number of hydrogen-bond donors (Lipinski definition) is 0. The number of benzene rings is 1. The molecule has 0 bridgehead atoms. The van der Waals surface area contributed by atoms with Crippen LogP contribution in [-0.4, -0.2) is 0 Å². The van der Waals surface area contributed by atoms with Gasteiger partial charge in [0.2, 0.25) is 0 Å². The van der Waals surface area contributed by atoms with Gasteiger partial charge in [-0.15, -0.1) is 0 Å². The summed E-state index contributed by atoms with van der Waals surface area (Å²) in [4.78, 5) is 0. The second-order valence-electron chi connectivity index (χ2n) is 3.38. The van der Waals surface area contributed by atoms with Gasteiger partial charge in [-0.1, -0.05) is 33.6 Å². The van der Waals surface area contributed by atoms with Crippen LogP contribution in [0.3, 0.4) is 0 Å². The molecular formula is C11H15Y-.